The van der Waals surface area contributed by atoms with Crippen molar-refractivity contribution in [1.29, 1.82) is 0 Å². The molecular weight excluding hydrogens is 282 g/mol. The molecule has 0 heterocycles. The minimum atomic E-state index is -2.49. The molecule has 0 aliphatic carbocycles. The van der Waals surface area contributed by atoms with Crippen molar-refractivity contribution in [3.8, 4) is 0 Å². The largest absolute Gasteiger partial charge is 0.500 e. The highest BCUT2D eigenvalue weighted by Crippen LogP contribution is 2.19. The molecule has 1 aromatic carbocycles. The molecule has 1 aromatic rings. The van der Waals surface area contributed by atoms with Gasteiger partial charge >= 0.3 is 8.80 Å². The Morgan fingerprint density at radius 1 is 0.950 bits per heavy atom. The van der Waals surface area contributed by atoms with Crippen LogP contribution in [0, 0.1) is 11.6 Å². The van der Waals surface area contributed by atoms with Gasteiger partial charge in [0, 0.05) is 33.4 Å². The summed E-state index contributed by atoms with van der Waals surface area (Å²) in [6.45, 7) is 0. The van der Waals surface area contributed by atoms with Crippen molar-refractivity contribution in [2.24, 2.45) is 0 Å². The molecule has 0 bridgehead atoms. The molecule has 0 spiro atoms. The molecule has 114 valence electrons. The van der Waals surface area contributed by atoms with Gasteiger partial charge in [0.2, 0.25) is 0 Å². The van der Waals surface area contributed by atoms with Crippen LogP contribution in [-0.2, 0) is 19.7 Å². The summed E-state index contributed by atoms with van der Waals surface area (Å²) in [6.07, 6.45) is 3.25. The maximum absolute atomic E-state index is 13.4. The highest BCUT2D eigenvalue weighted by Gasteiger charge is 2.36. The third-order valence-corrected chi connectivity index (χ3v) is 6.21. The van der Waals surface area contributed by atoms with E-state index in [0.717, 1.165) is 31.4 Å². The zero-order valence-electron chi connectivity index (χ0n) is 12.2. The summed E-state index contributed by atoms with van der Waals surface area (Å²) in [4.78, 5) is 0. The van der Waals surface area contributed by atoms with Gasteiger partial charge in [0.15, 0.2) is 0 Å². The van der Waals surface area contributed by atoms with Gasteiger partial charge in [0.1, 0.15) is 11.6 Å². The number of benzene rings is 1. The molecule has 0 N–H and O–H groups in total. The molecule has 0 amide bonds. The van der Waals surface area contributed by atoms with Gasteiger partial charge < -0.3 is 13.3 Å². The predicted molar refractivity (Wildman–Crippen MR) is 75.5 cm³/mol. The van der Waals surface area contributed by atoms with Crippen molar-refractivity contribution in [2.45, 2.75) is 31.7 Å². The molecule has 0 saturated heterocycles. The molecule has 0 aliphatic rings. The van der Waals surface area contributed by atoms with Crippen LogP contribution >= 0.6 is 0 Å². The van der Waals surface area contributed by atoms with Crippen LogP contribution in [0.5, 0.6) is 0 Å². The van der Waals surface area contributed by atoms with Gasteiger partial charge in [-0.25, -0.2) is 8.78 Å². The van der Waals surface area contributed by atoms with E-state index in [9.17, 15) is 8.78 Å². The Bertz CT molecular complexity index is 403. The SMILES string of the molecule is CO[Si](CCCCCc1ccc(F)cc1F)(OC)OC. The number of halogens is 2. The highest BCUT2D eigenvalue weighted by atomic mass is 28.4. The Balaban J connectivity index is 2.31. The first-order chi connectivity index (χ1) is 9.56. The normalized spacial score (nSPS) is 11.8. The standard InChI is InChI=1S/C14H22F2O3Si/c1-17-20(18-2,19-3)10-6-4-5-7-12-8-9-13(15)11-14(12)16/h8-9,11H,4-7,10H2,1-3H3. The quantitative estimate of drug-likeness (QED) is 0.516. The van der Waals surface area contributed by atoms with E-state index >= 15 is 0 Å². The molecule has 6 heteroatoms. The average Bonchev–Trinajstić information content (AvgIpc) is 2.45. The zero-order valence-corrected chi connectivity index (χ0v) is 13.2. The van der Waals surface area contributed by atoms with Crippen LogP contribution in [0.3, 0.4) is 0 Å². The Hall–Kier alpha value is -0.823. The number of rotatable bonds is 9. The lowest BCUT2D eigenvalue weighted by atomic mass is 10.1. The summed E-state index contributed by atoms with van der Waals surface area (Å²) < 4.78 is 42.2. The molecule has 1 rings (SSSR count). The van der Waals surface area contributed by atoms with E-state index in [1.165, 1.54) is 12.1 Å². The molecule has 0 fully saturated rings. The first kappa shape index (κ1) is 17.2. The van der Waals surface area contributed by atoms with Gasteiger partial charge in [-0.3, -0.25) is 0 Å². The summed E-state index contributed by atoms with van der Waals surface area (Å²) in [5.74, 6) is -1.01. The maximum Gasteiger partial charge on any atom is 0.500 e. The minimum absolute atomic E-state index is 0.473. The van der Waals surface area contributed by atoms with Crippen LogP contribution < -0.4 is 0 Å². The summed E-state index contributed by atoms with van der Waals surface area (Å²) in [7, 11) is 2.28. The Kier molecular flexibility index (Phi) is 7.29. The number of unbranched alkanes of at least 4 members (excludes halogenated alkanes) is 2. The van der Waals surface area contributed by atoms with Crippen LogP contribution in [0.4, 0.5) is 8.78 Å². The van der Waals surface area contributed by atoms with E-state index in [0.29, 0.717) is 12.0 Å². The first-order valence-electron chi connectivity index (χ1n) is 6.66. The molecule has 0 aromatic heterocycles. The third kappa shape index (κ3) is 4.94. The molecule has 0 radical (unpaired) electrons. The monoisotopic (exact) mass is 304 g/mol. The number of aryl methyl sites for hydroxylation is 1. The van der Waals surface area contributed by atoms with Gasteiger partial charge in [-0.15, -0.1) is 0 Å². The fraction of sp³-hybridized carbons (Fsp3) is 0.571. The lowest BCUT2D eigenvalue weighted by molar-refractivity contribution is 0.122. The Labute approximate surface area is 120 Å². The second-order valence-electron chi connectivity index (χ2n) is 4.59. The first-order valence-corrected chi connectivity index (χ1v) is 8.59. The molecule has 0 saturated carbocycles. The van der Waals surface area contributed by atoms with E-state index in [-0.39, 0.29) is 0 Å². The van der Waals surface area contributed by atoms with Crippen molar-refractivity contribution in [3.05, 3.63) is 35.4 Å². The molecule has 0 aliphatic heterocycles. The fourth-order valence-corrected chi connectivity index (χ4v) is 3.91. The molecule has 0 atom stereocenters. The summed E-state index contributed by atoms with van der Waals surface area (Å²) in [5, 5.41) is 0. The van der Waals surface area contributed by atoms with Gasteiger partial charge in [-0.05, 0) is 30.9 Å². The van der Waals surface area contributed by atoms with Gasteiger partial charge in [0.25, 0.3) is 0 Å². The molecule has 3 nitrogen and oxygen atoms in total. The van der Waals surface area contributed by atoms with Crippen LogP contribution in [0.15, 0.2) is 18.2 Å². The van der Waals surface area contributed by atoms with Crippen LogP contribution in [0.25, 0.3) is 0 Å². The lowest BCUT2D eigenvalue weighted by Crippen LogP contribution is -2.42. The van der Waals surface area contributed by atoms with Crippen molar-refractivity contribution in [3.63, 3.8) is 0 Å². The smallest absolute Gasteiger partial charge is 0.377 e. The lowest BCUT2D eigenvalue weighted by Gasteiger charge is -2.24. The summed E-state index contributed by atoms with van der Waals surface area (Å²) in [5.41, 5.74) is 0.556. The Morgan fingerprint density at radius 2 is 1.60 bits per heavy atom. The molecular formula is C14H22F2O3Si. The van der Waals surface area contributed by atoms with Gasteiger partial charge in [-0.1, -0.05) is 12.5 Å². The zero-order chi connectivity index (χ0) is 15.0. The van der Waals surface area contributed by atoms with Crippen LogP contribution in [-0.4, -0.2) is 30.1 Å². The topological polar surface area (TPSA) is 27.7 Å². The van der Waals surface area contributed by atoms with E-state index in [1.807, 2.05) is 0 Å². The predicted octanol–water partition coefficient (Wildman–Crippen LogP) is 3.56. The van der Waals surface area contributed by atoms with E-state index in [4.69, 9.17) is 13.3 Å². The van der Waals surface area contributed by atoms with Crippen molar-refractivity contribution >= 4 is 8.80 Å². The minimum Gasteiger partial charge on any atom is -0.377 e. The third-order valence-electron chi connectivity index (χ3n) is 3.38. The molecule has 20 heavy (non-hydrogen) atoms. The fourth-order valence-electron chi connectivity index (χ4n) is 2.11. The average molecular weight is 304 g/mol. The number of hydrogen-bond acceptors (Lipinski definition) is 3. The van der Waals surface area contributed by atoms with E-state index in [2.05, 4.69) is 0 Å². The summed E-state index contributed by atoms with van der Waals surface area (Å²) >= 11 is 0. The molecule has 0 unspecified atom stereocenters. The number of hydrogen-bond donors (Lipinski definition) is 0. The van der Waals surface area contributed by atoms with Gasteiger partial charge in [0.05, 0.1) is 0 Å². The second-order valence-corrected chi connectivity index (χ2v) is 7.68. The van der Waals surface area contributed by atoms with Crippen molar-refractivity contribution < 1.29 is 22.1 Å². The van der Waals surface area contributed by atoms with E-state index in [1.54, 1.807) is 21.3 Å². The van der Waals surface area contributed by atoms with Crippen molar-refractivity contribution in [1.82, 2.24) is 0 Å². The van der Waals surface area contributed by atoms with E-state index < -0.39 is 20.4 Å². The van der Waals surface area contributed by atoms with Crippen LogP contribution in [0.2, 0.25) is 6.04 Å². The van der Waals surface area contributed by atoms with Crippen LogP contribution in [0.1, 0.15) is 24.8 Å². The summed E-state index contributed by atoms with van der Waals surface area (Å²) in [6, 6.07) is 4.46. The van der Waals surface area contributed by atoms with Gasteiger partial charge in [-0.2, -0.15) is 0 Å². The van der Waals surface area contributed by atoms with Crippen molar-refractivity contribution in [2.75, 3.05) is 21.3 Å². The Morgan fingerprint density at radius 3 is 2.15 bits per heavy atom. The second kappa shape index (κ2) is 8.46. The highest BCUT2D eigenvalue weighted by molar-refractivity contribution is 6.60. The maximum atomic E-state index is 13.4.